The van der Waals surface area contributed by atoms with Gasteiger partial charge in [-0.3, -0.25) is 4.79 Å². The van der Waals surface area contributed by atoms with Gasteiger partial charge in [0.25, 0.3) is 0 Å². The van der Waals surface area contributed by atoms with Gasteiger partial charge in [-0.25, -0.2) is 4.79 Å². The summed E-state index contributed by atoms with van der Waals surface area (Å²) in [5, 5.41) is 11.3. The lowest BCUT2D eigenvalue weighted by Crippen LogP contribution is -2.41. The number of carbonyl (C=O) groups is 2. The van der Waals surface area contributed by atoms with Gasteiger partial charge < -0.3 is 10.4 Å². The Bertz CT molecular complexity index is 425. The monoisotopic (exact) mass is 317 g/mol. The minimum absolute atomic E-state index is 0.289. The molecule has 0 bridgehead atoms. The first-order valence-corrected chi connectivity index (χ1v) is 6.66. The number of carbonyl (C=O) groups excluding carboxylic acids is 1. The maximum Gasteiger partial charge on any atom is 0.327 e. The molecule has 17 heavy (non-hydrogen) atoms. The van der Waals surface area contributed by atoms with Crippen LogP contribution in [-0.4, -0.2) is 28.8 Å². The predicted molar refractivity (Wildman–Crippen MR) is 70.1 cm³/mol. The van der Waals surface area contributed by atoms with Crippen molar-refractivity contribution in [3.63, 3.8) is 0 Å². The van der Waals surface area contributed by atoms with Gasteiger partial charge in [0.1, 0.15) is 6.04 Å². The molecule has 92 valence electrons. The summed E-state index contributed by atoms with van der Waals surface area (Å²) in [4.78, 5) is 22.7. The van der Waals surface area contributed by atoms with Crippen LogP contribution in [0.15, 0.2) is 33.6 Å². The minimum atomic E-state index is -1.03. The molecule has 0 aliphatic rings. The van der Waals surface area contributed by atoms with Crippen LogP contribution in [0, 0.1) is 0 Å². The normalized spacial score (nSPS) is 11.9. The van der Waals surface area contributed by atoms with Gasteiger partial charge in [-0.2, -0.15) is 0 Å². The van der Waals surface area contributed by atoms with E-state index < -0.39 is 12.0 Å². The third kappa shape index (κ3) is 4.79. The number of aliphatic carboxylic acids is 1. The Balaban J connectivity index is 2.61. The first kappa shape index (κ1) is 14.1. The fourth-order valence-corrected chi connectivity index (χ4v) is 2.74. The van der Waals surface area contributed by atoms with E-state index in [4.69, 9.17) is 5.11 Å². The zero-order chi connectivity index (χ0) is 12.8. The fraction of sp³-hybridized carbons (Fsp3) is 0.273. The molecule has 2 N–H and O–H groups in total. The van der Waals surface area contributed by atoms with Crippen molar-refractivity contribution in [2.45, 2.75) is 17.9 Å². The molecule has 1 aromatic carbocycles. The molecule has 0 aliphatic carbocycles. The molecule has 0 radical (unpaired) electrons. The van der Waals surface area contributed by atoms with Gasteiger partial charge in [0.05, 0.1) is 0 Å². The molecule has 0 fully saturated rings. The van der Waals surface area contributed by atoms with Gasteiger partial charge in [0.2, 0.25) is 5.91 Å². The molecule has 1 rings (SSSR count). The molecule has 6 heteroatoms. The number of halogens is 1. The van der Waals surface area contributed by atoms with E-state index in [1.807, 2.05) is 24.3 Å². The van der Waals surface area contributed by atoms with Gasteiger partial charge in [-0.05, 0) is 28.1 Å². The highest BCUT2D eigenvalue weighted by molar-refractivity contribution is 9.10. The smallest absolute Gasteiger partial charge is 0.327 e. The molecule has 1 atom stereocenters. The molecule has 0 saturated heterocycles. The Labute approximate surface area is 112 Å². The summed E-state index contributed by atoms with van der Waals surface area (Å²) in [6.07, 6.45) is 0. The maximum absolute atomic E-state index is 10.9. The van der Waals surface area contributed by atoms with Crippen molar-refractivity contribution in [1.29, 1.82) is 0 Å². The van der Waals surface area contributed by atoms with Crippen LogP contribution in [0.4, 0.5) is 0 Å². The molecular weight excluding hydrogens is 306 g/mol. The number of benzene rings is 1. The van der Waals surface area contributed by atoms with Crippen LogP contribution in [0.3, 0.4) is 0 Å². The maximum atomic E-state index is 10.9. The summed E-state index contributed by atoms with van der Waals surface area (Å²) in [6.45, 7) is 1.30. The summed E-state index contributed by atoms with van der Waals surface area (Å²) in [7, 11) is 0. The number of amides is 1. The van der Waals surface area contributed by atoms with E-state index >= 15 is 0 Å². The highest BCUT2D eigenvalue weighted by Crippen LogP contribution is 2.27. The Kier molecular flexibility index (Phi) is 5.50. The number of rotatable bonds is 5. The molecule has 4 nitrogen and oxygen atoms in total. The average Bonchev–Trinajstić information content (AvgIpc) is 2.25. The largest absolute Gasteiger partial charge is 0.480 e. The highest BCUT2D eigenvalue weighted by Gasteiger charge is 2.18. The first-order chi connectivity index (χ1) is 8.00. The number of carboxylic acid groups (broad SMARTS) is 1. The number of nitrogens with one attached hydrogen (secondary N) is 1. The fourth-order valence-electron chi connectivity index (χ4n) is 1.15. The van der Waals surface area contributed by atoms with E-state index in [2.05, 4.69) is 21.2 Å². The second-order valence-corrected chi connectivity index (χ2v) is 5.25. The van der Waals surface area contributed by atoms with Crippen LogP contribution in [0.2, 0.25) is 0 Å². The number of hydrogen-bond acceptors (Lipinski definition) is 3. The van der Waals surface area contributed by atoms with E-state index in [-0.39, 0.29) is 11.7 Å². The Morgan fingerprint density at radius 1 is 1.47 bits per heavy atom. The summed E-state index contributed by atoms with van der Waals surface area (Å²) in [5.41, 5.74) is 0. The van der Waals surface area contributed by atoms with Crippen molar-refractivity contribution in [1.82, 2.24) is 5.32 Å². The molecule has 0 saturated carbocycles. The Morgan fingerprint density at radius 3 is 2.65 bits per heavy atom. The van der Waals surface area contributed by atoms with Crippen molar-refractivity contribution in [3.8, 4) is 0 Å². The zero-order valence-electron chi connectivity index (χ0n) is 9.14. The van der Waals surface area contributed by atoms with Crippen molar-refractivity contribution in [2.24, 2.45) is 0 Å². The van der Waals surface area contributed by atoms with Crippen molar-refractivity contribution < 1.29 is 14.7 Å². The van der Waals surface area contributed by atoms with E-state index in [0.717, 1.165) is 9.37 Å². The summed E-state index contributed by atoms with van der Waals surface area (Å²) in [5.74, 6) is -1.08. The van der Waals surface area contributed by atoms with Gasteiger partial charge in [0, 0.05) is 22.0 Å². The van der Waals surface area contributed by atoms with Gasteiger partial charge >= 0.3 is 5.97 Å². The van der Waals surface area contributed by atoms with Crippen LogP contribution in [0.1, 0.15) is 6.92 Å². The molecule has 0 aliphatic heterocycles. The lowest BCUT2D eigenvalue weighted by molar-refractivity contribution is -0.140. The van der Waals surface area contributed by atoms with E-state index in [1.165, 1.54) is 18.7 Å². The molecular formula is C11H12BrNO3S. The lowest BCUT2D eigenvalue weighted by Gasteiger charge is -2.13. The van der Waals surface area contributed by atoms with Gasteiger partial charge in [-0.15, -0.1) is 11.8 Å². The third-order valence-corrected chi connectivity index (χ3v) is 4.04. The number of hydrogen-bond donors (Lipinski definition) is 2. The average molecular weight is 318 g/mol. The van der Waals surface area contributed by atoms with E-state index in [0.29, 0.717) is 0 Å². The SMILES string of the molecule is CC(=O)N[C@@H](CSc1ccccc1Br)C(=O)O. The van der Waals surface area contributed by atoms with Crippen molar-refractivity contribution in [2.75, 3.05) is 5.75 Å². The summed E-state index contributed by atoms with van der Waals surface area (Å²) >= 11 is 4.76. The molecule has 1 aromatic rings. The Hall–Kier alpha value is -1.01. The molecule has 0 spiro atoms. The molecule has 0 heterocycles. The van der Waals surface area contributed by atoms with E-state index in [9.17, 15) is 9.59 Å². The Morgan fingerprint density at radius 2 is 2.12 bits per heavy atom. The second-order valence-electron chi connectivity index (χ2n) is 3.33. The second kappa shape index (κ2) is 6.66. The standard InChI is InChI=1S/C11H12BrNO3S/c1-7(14)13-9(11(15)16)6-17-10-5-3-2-4-8(10)12/h2-5,9H,6H2,1H3,(H,13,14)(H,15,16)/t9-/m0/s1. The van der Waals surface area contributed by atoms with Crippen LogP contribution in [0.25, 0.3) is 0 Å². The van der Waals surface area contributed by atoms with Crippen molar-refractivity contribution in [3.05, 3.63) is 28.7 Å². The molecule has 0 unspecified atom stereocenters. The van der Waals surface area contributed by atoms with Crippen LogP contribution < -0.4 is 5.32 Å². The minimum Gasteiger partial charge on any atom is -0.480 e. The number of carboxylic acids is 1. The van der Waals surface area contributed by atoms with Crippen molar-refractivity contribution >= 4 is 39.6 Å². The first-order valence-electron chi connectivity index (χ1n) is 4.88. The summed E-state index contributed by atoms with van der Waals surface area (Å²) in [6, 6.07) is 6.67. The molecule has 1 amide bonds. The topological polar surface area (TPSA) is 66.4 Å². The number of thioether (sulfide) groups is 1. The van der Waals surface area contributed by atoms with Gasteiger partial charge in [0.15, 0.2) is 0 Å². The quantitative estimate of drug-likeness (QED) is 0.816. The summed E-state index contributed by atoms with van der Waals surface area (Å²) < 4.78 is 0.914. The van der Waals surface area contributed by atoms with Crippen LogP contribution in [0.5, 0.6) is 0 Å². The predicted octanol–water partition coefficient (Wildman–Crippen LogP) is 2.13. The third-order valence-electron chi connectivity index (χ3n) is 1.92. The zero-order valence-corrected chi connectivity index (χ0v) is 11.5. The van der Waals surface area contributed by atoms with Gasteiger partial charge in [-0.1, -0.05) is 12.1 Å². The van der Waals surface area contributed by atoms with E-state index in [1.54, 1.807) is 0 Å². The molecule has 0 aromatic heterocycles. The lowest BCUT2D eigenvalue weighted by atomic mass is 10.3. The van der Waals surface area contributed by atoms with Crippen LogP contribution >= 0.6 is 27.7 Å². The van der Waals surface area contributed by atoms with Crippen LogP contribution in [-0.2, 0) is 9.59 Å². The highest BCUT2D eigenvalue weighted by atomic mass is 79.9.